The van der Waals surface area contributed by atoms with E-state index in [1.165, 1.54) is 0 Å². The Morgan fingerprint density at radius 2 is 1.06 bits per heavy atom. The SMILES string of the molecule is CCCCCC(=O)[O-].CCCCCC(=O)[O-].[Fe+2]. The zero-order valence-electron chi connectivity index (χ0n) is 10.6. The summed E-state index contributed by atoms with van der Waals surface area (Å²) in [7, 11) is 0. The minimum Gasteiger partial charge on any atom is -0.550 e. The van der Waals surface area contributed by atoms with E-state index in [-0.39, 0.29) is 29.9 Å². The summed E-state index contributed by atoms with van der Waals surface area (Å²) in [6, 6.07) is 0. The summed E-state index contributed by atoms with van der Waals surface area (Å²) >= 11 is 0. The van der Waals surface area contributed by atoms with Crippen molar-refractivity contribution >= 4 is 11.9 Å². The largest absolute Gasteiger partial charge is 2.00 e. The Morgan fingerprint density at radius 3 is 1.24 bits per heavy atom. The van der Waals surface area contributed by atoms with Gasteiger partial charge in [0, 0.05) is 11.9 Å². The van der Waals surface area contributed by atoms with Crippen LogP contribution < -0.4 is 10.2 Å². The number of aliphatic carboxylic acids is 2. The first kappa shape index (κ1) is 21.7. The Kier molecular flexibility index (Phi) is 22.8. The number of carboxylic acids is 2. The summed E-state index contributed by atoms with van der Waals surface area (Å²) in [6.45, 7) is 4.07. The van der Waals surface area contributed by atoms with Gasteiger partial charge in [-0.15, -0.1) is 0 Å². The minimum atomic E-state index is -0.932. The molecule has 0 aliphatic rings. The van der Waals surface area contributed by atoms with Crippen LogP contribution in [-0.4, -0.2) is 11.9 Å². The van der Waals surface area contributed by atoms with E-state index in [0.717, 1.165) is 38.5 Å². The molecule has 0 N–H and O–H groups in total. The van der Waals surface area contributed by atoms with E-state index in [9.17, 15) is 19.8 Å². The van der Waals surface area contributed by atoms with Crippen LogP contribution in [0.15, 0.2) is 0 Å². The van der Waals surface area contributed by atoms with E-state index < -0.39 is 11.9 Å². The number of rotatable bonds is 8. The second-order valence-electron chi connectivity index (χ2n) is 3.66. The normalized spacial score (nSPS) is 8.59. The summed E-state index contributed by atoms with van der Waals surface area (Å²) < 4.78 is 0. The number of hydrogen-bond donors (Lipinski definition) is 0. The van der Waals surface area contributed by atoms with Gasteiger partial charge >= 0.3 is 17.1 Å². The van der Waals surface area contributed by atoms with Crippen molar-refractivity contribution in [3.8, 4) is 0 Å². The van der Waals surface area contributed by atoms with Crippen LogP contribution in [0.3, 0.4) is 0 Å². The molecule has 0 saturated carbocycles. The summed E-state index contributed by atoms with van der Waals surface area (Å²) in [5.41, 5.74) is 0. The van der Waals surface area contributed by atoms with Gasteiger partial charge in [0.1, 0.15) is 0 Å². The molecule has 0 rings (SSSR count). The van der Waals surface area contributed by atoms with Gasteiger partial charge in [-0.2, -0.15) is 0 Å². The van der Waals surface area contributed by atoms with Crippen molar-refractivity contribution < 1.29 is 36.9 Å². The molecule has 0 radical (unpaired) electrons. The van der Waals surface area contributed by atoms with E-state index in [0.29, 0.717) is 0 Å². The second-order valence-corrected chi connectivity index (χ2v) is 3.66. The van der Waals surface area contributed by atoms with Crippen LogP contribution in [0.2, 0.25) is 0 Å². The van der Waals surface area contributed by atoms with Crippen LogP contribution in [0.5, 0.6) is 0 Å². The van der Waals surface area contributed by atoms with E-state index >= 15 is 0 Å². The molecule has 0 bridgehead atoms. The van der Waals surface area contributed by atoms with Crippen molar-refractivity contribution in [1.29, 1.82) is 0 Å². The zero-order valence-corrected chi connectivity index (χ0v) is 11.7. The predicted molar refractivity (Wildman–Crippen MR) is 58.3 cm³/mol. The Bertz CT molecular complexity index is 163. The van der Waals surface area contributed by atoms with Crippen LogP contribution in [0.1, 0.15) is 65.2 Å². The first-order valence-corrected chi connectivity index (χ1v) is 5.94. The topological polar surface area (TPSA) is 80.3 Å². The van der Waals surface area contributed by atoms with Crippen molar-refractivity contribution in [2.45, 2.75) is 65.2 Å². The Balaban J connectivity index is -0.000000218. The molecule has 0 aromatic heterocycles. The molecule has 0 heterocycles. The monoisotopic (exact) mass is 286 g/mol. The molecule has 0 amide bonds. The Morgan fingerprint density at radius 1 is 0.765 bits per heavy atom. The molecule has 0 aliphatic heterocycles. The quantitative estimate of drug-likeness (QED) is 0.484. The fourth-order valence-electron chi connectivity index (χ4n) is 1.04. The maximum atomic E-state index is 9.76. The van der Waals surface area contributed by atoms with Gasteiger partial charge in [0.2, 0.25) is 0 Å². The van der Waals surface area contributed by atoms with Gasteiger partial charge in [-0.3, -0.25) is 0 Å². The van der Waals surface area contributed by atoms with Gasteiger partial charge in [-0.05, 0) is 25.7 Å². The maximum absolute atomic E-state index is 9.76. The van der Waals surface area contributed by atoms with Gasteiger partial charge < -0.3 is 19.8 Å². The van der Waals surface area contributed by atoms with E-state index in [1.54, 1.807) is 0 Å². The average Bonchev–Trinajstić information content (AvgIpc) is 2.18. The number of carboxylic acid groups (broad SMARTS) is 2. The maximum Gasteiger partial charge on any atom is 2.00 e. The van der Waals surface area contributed by atoms with Crippen molar-refractivity contribution in [2.75, 3.05) is 0 Å². The standard InChI is InChI=1S/2C6H12O2.Fe/c2*1-2-3-4-5-6(7)8;/h2*2-5H2,1H3,(H,7,8);/q;;+2/p-2. The molecule has 0 spiro atoms. The molecule has 0 atom stereocenters. The molecular formula is C12H22FeO4. The van der Waals surface area contributed by atoms with Crippen molar-refractivity contribution in [1.82, 2.24) is 0 Å². The number of carbonyl (C=O) groups excluding carboxylic acids is 2. The minimum absolute atomic E-state index is 0. The smallest absolute Gasteiger partial charge is 0.550 e. The number of hydrogen-bond acceptors (Lipinski definition) is 4. The second kappa shape index (κ2) is 17.8. The molecule has 0 fully saturated rings. The van der Waals surface area contributed by atoms with Crippen LogP contribution in [0.4, 0.5) is 0 Å². The molecular weight excluding hydrogens is 264 g/mol. The summed E-state index contributed by atoms with van der Waals surface area (Å²) in [4.78, 5) is 19.5. The summed E-state index contributed by atoms with van der Waals surface area (Å²) in [5.74, 6) is -1.86. The Hall–Kier alpha value is -0.541. The molecule has 0 aliphatic carbocycles. The molecule has 5 heteroatoms. The fourth-order valence-corrected chi connectivity index (χ4v) is 1.04. The molecule has 4 nitrogen and oxygen atoms in total. The fraction of sp³-hybridized carbons (Fsp3) is 0.833. The zero-order chi connectivity index (χ0) is 12.8. The molecule has 17 heavy (non-hydrogen) atoms. The third-order valence-electron chi connectivity index (χ3n) is 1.97. The van der Waals surface area contributed by atoms with E-state index in [2.05, 4.69) is 0 Å². The predicted octanol–water partition coefficient (Wildman–Crippen LogP) is 0.631. The molecule has 0 aromatic rings. The Labute approximate surface area is 114 Å². The average molecular weight is 286 g/mol. The summed E-state index contributed by atoms with van der Waals surface area (Å²) in [6.07, 6.45) is 6.07. The van der Waals surface area contributed by atoms with Gasteiger partial charge in [0.05, 0.1) is 0 Å². The van der Waals surface area contributed by atoms with E-state index in [4.69, 9.17) is 0 Å². The van der Waals surface area contributed by atoms with Gasteiger partial charge in [-0.1, -0.05) is 39.5 Å². The van der Waals surface area contributed by atoms with Crippen LogP contribution in [0.25, 0.3) is 0 Å². The van der Waals surface area contributed by atoms with Crippen LogP contribution >= 0.6 is 0 Å². The molecule has 0 saturated heterocycles. The first-order chi connectivity index (χ1) is 7.54. The molecule has 0 aromatic carbocycles. The summed E-state index contributed by atoms with van der Waals surface area (Å²) in [5, 5.41) is 19.5. The number of unbranched alkanes of at least 4 members (excludes halogenated alkanes) is 4. The first-order valence-electron chi connectivity index (χ1n) is 5.94. The van der Waals surface area contributed by atoms with Crippen molar-refractivity contribution in [3.05, 3.63) is 0 Å². The van der Waals surface area contributed by atoms with E-state index in [1.807, 2.05) is 13.8 Å². The third kappa shape index (κ3) is 31.3. The number of carbonyl (C=O) groups is 2. The van der Waals surface area contributed by atoms with Gasteiger partial charge in [0.15, 0.2) is 0 Å². The van der Waals surface area contributed by atoms with Crippen molar-refractivity contribution in [3.63, 3.8) is 0 Å². The van der Waals surface area contributed by atoms with Crippen molar-refractivity contribution in [2.24, 2.45) is 0 Å². The van der Waals surface area contributed by atoms with Crippen LogP contribution in [-0.2, 0) is 26.7 Å². The van der Waals surface area contributed by atoms with Gasteiger partial charge in [-0.25, -0.2) is 0 Å². The van der Waals surface area contributed by atoms with Crippen LogP contribution in [0, 0.1) is 0 Å². The van der Waals surface area contributed by atoms with Gasteiger partial charge in [0.25, 0.3) is 0 Å². The molecule has 102 valence electrons. The third-order valence-corrected chi connectivity index (χ3v) is 1.97. The molecule has 0 unspecified atom stereocenters.